The molecule has 0 saturated carbocycles. The number of carbonyl (C=O) groups excluding carboxylic acids is 2. The third-order valence-corrected chi connectivity index (χ3v) is 3.06. The number of anilines is 1. The van der Waals surface area contributed by atoms with Crippen LogP contribution in [0, 0.1) is 0 Å². The minimum Gasteiger partial charge on any atom is -0.372 e. The van der Waals surface area contributed by atoms with Crippen LogP contribution < -0.4 is 4.90 Å². The molecule has 0 spiro atoms. The van der Waals surface area contributed by atoms with Crippen LogP contribution in [-0.2, 0) is 27.5 Å². The lowest BCUT2D eigenvalue weighted by Gasteiger charge is -2.15. The number of hydrogen-bond donors (Lipinski definition) is 0. The van der Waals surface area contributed by atoms with Gasteiger partial charge in [0.2, 0.25) is 0 Å². The van der Waals surface area contributed by atoms with Gasteiger partial charge in [0.1, 0.15) is 0 Å². The van der Waals surface area contributed by atoms with Crippen LogP contribution in [0.2, 0.25) is 0 Å². The SMILES string of the molecule is CC1=CC(=O)N(c2ccc3c(c2)COC3)C1=O. The lowest BCUT2D eigenvalue weighted by Crippen LogP contribution is -2.30. The molecular formula is C13H11NO3. The van der Waals surface area contributed by atoms with E-state index in [0.717, 1.165) is 11.1 Å². The van der Waals surface area contributed by atoms with Crippen LogP contribution in [0.1, 0.15) is 18.1 Å². The third kappa shape index (κ3) is 1.49. The Morgan fingerprint density at radius 2 is 1.94 bits per heavy atom. The zero-order valence-corrected chi connectivity index (χ0v) is 9.40. The van der Waals surface area contributed by atoms with Crippen LogP contribution >= 0.6 is 0 Å². The van der Waals surface area contributed by atoms with Gasteiger partial charge in [-0.25, -0.2) is 4.90 Å². The number of benzene rings is 1. The van der Waals surface area contributed by atoms with Crippen molar-refractivity contribution in [2.75, 3.05) is 4.90 Å². The van der Waals surface area contributed by atoms with Crippen LogP contribution in [0.5, 0.6) is 0 Å². The van der Waals surface area contributed by atoms with Crippen molar-refractivity contribution in [2.24, 2.45) is 0 Å². The van der Waals surface area contributed by atoms with E-state index in [1.165, 1.54) is 11.0 Å². The number of hydrogen-bond acceptors (Lipinski definition) is 3. The largest absolute Gasteiger partial charge is 0.372 e. The van der Waals surface area contributed by atoms with Crippen molar-refractivity contribution in [3.8, 4) is 0 Å². The second-order valence-corrected chi connectivity index (χ2v) is 4.25. The summed E-state index contributed by atoms with van der Waals surface area (Å²) in [6, 6.07) is 5.55. The van der Waals surface area contributed by atoms with E-state index in [9.17, 15) is 9.59 Å². The highest BCUT2D eigenvalue weighted by atomic mass is 16.5. The molecule has 0 radical (unpaired) electrons. The fourth-order valence-corrected chi connectivity index (χ4v) is 2.13. The first-order valence-electron chi connectivity index (χ1n) is 5.43. The quantitative estimate of drug-likeness (QED) is 0.686. The first kappa shape index (κ1) is 10.2. The van der Waals surface area contributed by atoms with Gasteiger partial charge in [0.25, 0.3) is 11.8 Å². The molecule has 0 N–H and O–H groups in total. The number of ether oxygens (including phenoxy) is 1. The molecule has 0 bridgehead atoms. The highest BCUT2D eigenvalue weighted by Gasteiger charge is 2.30. The molecule has 2 amide bonds. The maximum atomic E-state index is 11.8. The first-order chi connectivity index (χ1) is 8.16. The number of imide groups is 1. The van der Waals surface area contributed by atoms with Gasteiger partial charge < -0.3 is 4.74 Å². The topological polar surface area (TPSA) is 46.6 Å². The molecule has 1 aromatic rings. The van der Waals surface area contributed by atoms with Crippen molar-refractivity contribution < 1.29 is 14.3 Å². The van der Waals surface area contributed by atoms with E-state index in [0.29, 0.717) is 24.5 Å². The number of fused-ring (bicyclic) bond motifs is 1. The van der Waals surface area contributed by atoms with Crippen molar-refractivity contribution in [1.82, 2.24) is 0 Å². The molecule has 2 heterocycles. The number of amides is 2. The standard InChI is InChI=1S/C13H11NO3/c1-8-4-12(15)14(13(8)16)11-3-2-9-6-17-7-10(9)5-11/h2-5H,6-7H2,1H3. The molecule has 0 unspecified atom stereocenters. The van der Waals surface area contributed by atoms with Crippen molar-refractivity contribution >= 4 is 17.5 Å². The molecule has 2 aliphatic rings. The Labute approximate surface area is 98.5 Å². The lowest BCUT2D eigenvalue weighted by molar-refractivity contribution is -0.120. The van der Waals surface area contributed by atoms with Crippen molar-refractivity contribution in [2.45, 2.75) is 20.1 Å². The van der Waals surface area contributed by atoms with E-state index in [4.69, 9.17) is 4.74 Å². The van der Waals surface area contributed by atoms with Crippen LogP contribution in [0.15, 0.2) is 29.8 Å². The molecular weight excluding hydrogens is 218 g/mol. The molecule has 0 aliphatic carbocycles. The molecule has 1 aromatic carbocycles. The van der Waals surface area contributed by atoms with Gasteiger partial charge in [-0.05, 0) is 30.2 Å². The van der Waals surface area contributed by atoms with Crippen LogP contribution in [0.25, 0.3) is 0 Å². The summed E-state index contributed by atoms with van der Waals surface area (Å²) in [5.74, 6) is -0.514. The lowest BCUT2D eigenvalue weighted by atomic mass is 10.1. The van der Waals surface area contributed by atoms with Gasteiger partial charge >= 0.3 is 0 Å². The molecule has 2 aliphatic heterocycles. The number of carbonyl (C=O) groups is 2. The fourth-order valence-electron chi connectivity index (χ4n) is 2.13. The molecule has 4 heteroatoms. The number of nitrogens with zero attached hydrogens (tertiary/aromatic N) is 1. The summed E-state index contributed by atoms with van der Waals surface area (Å²) >= 11 is 0. The maximum absolute atomic E-state index is 11.8. The molecule has 0 fully saturated rings. The van der Waals surface area contributed by atoms with Crippen LogP contribution in [-0.4, -0.2) is 11.8 Å². The minimum absolute atomic E-state index is 0.242. The average molecular weight is 229 g/mol. The molecule has 0 saturated heterocycles. The maximum Gasteiger partial charge on any atom is 0.261 e. The Morgan fingerprint density at radius 3 is 2.65 bits per heavy atom. The first-order valence-corrected chi connectivity index (χ1v) is 5.43. The van der Waals surface area contributed by atoms with Crippen LogP contribution in [0.3, 0.4) is 0 Å². The molecule has 3 rings (SSSR count). The average Bonchev–Trinajstić information content (AvgIpc) is 2.84. The second kappa shape index (κ2) is 3.53. The van der Waals surface area contributed by atoms with Crippen molar-refractivity contribution in [3.63, 3.8) is 0 Å². The molecule has 86 valence electrons. The highest BCUT2D eigenvalue weighted by molar-refractivity contribution is 6.30. The zero-order chi connectivity index (χ0) is 12.0. The normalized spacial score (nSPS) is 18.6. The van der Waals surface area contributed by atoms with Crippen molar-refractivity contribution in [3.05, 3.63) is 41.0 Å². The summed E-state index contributed by atoms with van der Waals surface area (Å²) in [6.45, 7) is 2.80. The van der Waals surface area contributed by atoms with Crippen molar-refractivity contribution in [1.29, 1.82) is 0 Å². The Bertz CT molecular complexity index is 560. The van der Waals surface area contributed by atoms with Gasteiger partial charge in [-0.3, -0.25) is 9.59 Å². The second-order valence-electron chi connectivity index (χ2n) is 4.25. The third-order valence-electron chi connectivity index (χ3n) is 3.06. The van der Waals surface area contributed by atoms with E-state index in [1.54, 1.807) is 13.0 Å². The summed E-state index contributed by atoms with van der Waals surface area (Å²) in [6.07, 6.45) is 1.37. The highest BCUT2D eigenvalue weighted by Crippen LogP contribution is 2.28. The summed E-state index contributed by atoms with van der Waals surface area (Å²) in [5, 5.41) is 0. The summed E-state index contributed by atoms with van der Waals surface area (Å²) in [7, 11) is 0. The fraction of sp³-hybridized carbons (Fsp3) is 0.231. The minimum atomic E-state index is -0.272. The van der Waals surface area contributed by atoms with Gasteiger partial charge in [0.15, 0.2) is 0 Å². The Kier molecular flexibility index (Phi) is 2.12. The van der Waals surface area contributed by atoms with Gasteiger partial charge in [-0.1, -0.05) is 6.07 Å². The molecule has 0 aromatic heterocycles. The predicted octanol–water partition coefficient (Wildman–Crippen LogP) is 1.54. The van der Waals surface area contributed by atoms with E-state index >= 15 is 0 Å². The van der Waals surface area contributed by atoms with Gasteiger partial charge in [0, 0.05) is 11.6 Å². The summed E-state index contributed by atoms with van der Waals surface area (Å²) < 4.78 is 5.31. The predicted molar refractivity (Wildman–Crippen MR) is 61.2 cm³/mol. The summed E-state index contributed by atoms with van der Waals surface area (Å²) in [4.78, 5) is 24.7. The van der Waals surface area contributed by atoms with Gasteiger partial charge in [-0.2, -0.15) is 0 Å². The molecule has 17 heavy (non-hydrogen) atoms. The molecule has 0 atom stereocenters. The van der Waals surface area contributed by atoms with E-state index in [2.05, 4.69) is 0 Å². The molecule has 4 nitrogen and oxygen atoms in total. The zero-order valence-electron chi connectivity index (χ0n) is 9.40. The van der Waals surface area contributed by atoms with E-state index in [1.807, 2.05) is 12.1 Å². The van der Waals surface area contributed by atoms with Crippen LogP contribution in [0.4, 0.5) is 5.69 Å². The Balaban J connectivity index is 2.01. The summed E-state index contributed by atoms with van der Waals surface area (Å²) in [5.41, 5.74) is 3.27. The monoisotopic (exact) mass is 229 g/mol. The number of rotatable bonds is 1. The Hall–Kier alpha value is -1.94. The Morgan fingerprint density at radius 1 is 1.18 bits per heavy atom. The van der Waals surface area contributed by atoms with Gasteiger partial charge in [-0.15, -0.1) is 0 Å². The van der Waals surface area contributed by atoms with Gasteiger partial charge in [0.05, 0.1) is 18.9 Å². The van der Waals surface area contributed by atoms with E-state index in [-0.39, 0.29) is 11.8 Å². The van der Waals surface area contributed by atoms with E-state index < -0.39 is 0 Å². The smallest absolute Gasteiger partial charge is 0.261 e.